The molecule has 0 aromatic heterocycles. The van der Waals surface area contributed by atoms with Crippen LogP contribution in [0.15, 0.2) is 12.1 Å². The van der Waals surface area contributed by atoms with Gasteiger partial charge in [-0.05, 0) is 13.8 Å². The molecule has 0 aliphatic carbocycles. The first kappa shape index (κ1) is 11.8. The third-order valence-corrected chi connectivity index (χ3v) is 7.81. The first-order valence-corrected chi connectivity index (χ1v) is 13.1. The summed E-state index contributed by atoms with van der Waals surface area (Å²) in [6.07, 6.45) is 0. The van der Waals surface area contributed by atoms with Gasteiger partial charge in [-0.3, -0.25) is 25.8 Å². The van der Waals surface area contributed by atoms with Gasteiger partial charge in [-0.15, -0.1) is 7.39 Å². The molecule has 1 rings (SSSR count). The molecule has 0 saturated heterocycles. The molecule has 1 aromatic carbocycles. The minimum Gasteiger partial charge on any atom is -0.296 e. The highest BCUT2D eigenvalue weighted by atomic mass is 79.9. The Hall–Kier alpha value is 1.71. The summed E-state index contributed by atoms with van der Waals surface area (Å²) in [5.74, 6) is 0. The number of aryl methyl sites for hydroxylation is 2. The highest BCUT2D eigenvalue weighted by molar-refractivity contribution is 9.23. The smallest absolute Gasteiger partial charge is 0.296 e. The molecule has 0 N–H and O–H groups in total. The molecule has 0 nitrogen and oxygen atoms in total. The van der Waals surface area contributed by atoms with Gasteiger partial charge in [-0.2, -0.15) is 0 Å². The molecule has 0 unspecified atom stereocenters. The van der Waals surface area contributed by atoms with Crippen LogP contribution in [-0.2, 0) is 0 Å². The van der Waals surface area contributed by atoms with Crippen molar-refractivity contribution in [3.8, 4) is 0 Å². The van der Waals surface area contributed by atoms with Gasteiger partial charge in [0.2, 0.25) is 0 Å². The van der Waals surface area contributed by atoms with Gasteiger partial charge in [0, 0.05) is 0 Å². The van der Waals surface area contributed by atoms with Crippen molar-refractivity contribution in [2.75, 3.05) is 0 Å². The molecule has 0 radical (unpaired) electrons. The summed E-state index contributed by atoms with van der Waals surface area (Å²) in [5, 5.41) is 0. The highest BCUT2D eigenvalue weighted by Crippen LogP contribution is 1.99. The molecule has 0 bridgehead atoms. The average Bonchev–Trinajstić information content (AvgIpc) is 2.08. The molecule has 4 heteroatoms. The summed E-state index contributed by atoms with van der Waals surface area (Å²) in [6.45, 7) is 4.42. The van der Waals surface area contributed by atoms with Crippen LogP contribution in [0.3, 0.4) is 0 Å². The topological polar surface area (TPSA) is 0 Å². The molecule has 0 spiro atoms. The Kier molecular flexibility index (Phi) is 5.46. The zero-order valence-electron chi connectivity index (χ0n) is 7.32. The fourth-order valence-electron chi connectivity index (χ4n) is 1.22. The molecule has 0 amide bonds. The van der Waals surface area contributed by atoms with E-state index in [-0.39, 0.29) is 36.4 Å². The van der Waals surface area contributed by atoms with Gasteiger partial charge in [-0.25, -0.2) is 0 Å². The fraction of sp³-hybridized carbons (Fsp3) is 0.250. The Morgan fingerprint density at radius 3 is 1.50 bits per heavy atom. The Labute approximate surface area is 105 Å². The fourth-order valence-corrected chi connectivity index (χ4v) is 6.24. The lowest BCUT2D eigenvalue weighted by molar-refractivity contribution is 1.47. The van der Waals surface area contributed by atoms with Gasteiger partial charge in [0.25, 0.3) is 0 Å². The van der Waals surface area contributed by atoms with Crippen molar-refractivity contribution >= 4 is 69.5 Å². The molecule has 0 aliphatic heterocycles. The van der Waals surface area contributed by atoms with Gasteiger partial charge in [-0.1, -0.05) is 23.3 Å². The van der Waals surface area contributed by atoms with Gasteiger partial charge >= 0.3 is 36.4 Å². The maximum absolute atomic E-state index is 3.63. The van der Waals surface area contributed by atoms with Crippen molar-refractivity contribution in [1.29, 1.82) is 0 Å². The predicted molar refractivity (Wildman–Crippen MR) is 64.5 cm³/mol. The SMILES string of the molecule is Cc1c[c]([Mg][Br])c(C)c[c]1[Mg][Br]. The number of benzene rings is 1. The summed E-state index contributed by atoms with van der Waals surface area (Å²) in [7, 11) is 0. The van der Waals surface area contributed by atoms with Crippen LogP contribution in [-0.4, -0.2) is 36.4 Å². The van der Waals surface area contributed by atoms with E-state index in [4.69, 9.17) is 0 Å². The van der Waals surface area contributed by atoms with Crippen molar-refractivity contribution in [1.82, 2.24) is 0 Å². The van der Waals surface area contributed by atoms with Crippen LogP contribution < -0.4 is 7.39 Å². The lowest BCUT2D eigenvalue weighted by Gasteiger charge is -2.09. The Morgan fingerprint density at radius 1 is 0.917 bits per heavy atom. The quantitative estimate of drug-likeness (QED) is 0.728. The minimum absolute atomic E-state index is 0.170. The normalized spacial score (nSPS) is 9.00. The van der Waals surface area contributed by atoms with Crippen LogP contribution in [0.1, 0.15) is 11.1 Å². The predicted octanol–water partition coefficient (Wildman–Crippen LogP) is 1.58. The molecular formula is C8H8Br2Mg2. The third-order valence-electron chi connectivity index (χ3n) is 2.08. The standard InChI is InChI=1S/C8H8.2BrH.2Mg/c1-7-3-5-8(2)6-4-7;;;;/h3,6H,1-2H3;2*1H;;/q;;;2*+1/p-2. The van der Waals surface area contributed by atoms with E-state index in [2.05, 4.69) is 51.7 Å². The average molecular weight is 313 g/mol. The number of rotatable bonds is 2. The van der Waals surface area contributed by atoms with Crippen molar-refractivity contribution in [3.05, 3.63) is 23.3 Å². The summed E-state index contributed by atoms with van der Waals surface area (Å²) in [4.78, 5) is 0. The lowest BCUT2D eigenvalue weighted by Crippen LogP contribution is -2.22. The van der Waals surface area contributed by atoms with Crippen molar-refractivity contribution in [2.45, 2.75) is 13.8 Å². The van der Waals surface area contributed by atoms with Crippen molar-refractivity contribution in [3.63, 3.8) is 0 Å². The molecule has 0 fully saturated rings. The van der Waals surface area contributed by atoms with E-state index in [0.29, 0.717) is 0 Å². The van der Waals surface area contributed by atoms with E-state index >= 15 is 0 Å². The number of hydrogen-bond acceptors (Lipinski definition) is 0. The second-order valence-electron chi connectivity index (χ2n) is 2.97. The summed E-state index contributed by atoms with van der Waals surface area (Å²) < 4.78 is 3.09. The first-order valence-electron chi connectivity index (χ1n) is 3.90. The molecule has 58 valence electrons. The second-order valence-corrected chi connectivity index (χ2v) is 8.39. The van der Waals surface area contributed by atoms with E-state index in [0.717, 1.165) is 0 Å². The Balaban J connectivity index is 3.16. The van der Waals surface area contributed by atoms with E-state index < -0.39 is 0 Å². The minimum atomic E-state index is -0.170. The lowest BCUT2D eigenvalue weighted by atomic mass is 10.2. The summed E-state index contributed by atoms with van der Waals surface area (Å²) >= 11 is 6.91. The molecule has 0 atom stereocenters. The van der Waals surface area contributed by atoms with E-state index in [9.17, 15) is 0 Å². The van der Waals surface area contributed by atoms with Gasteiger partial charge in [0.1, 0.15) is 0 Å². The Bertz CT molecular complexity index is 257. The molecule has 0 heterocycles. The molecule has 0 saturated carbocycles. The van der Waals surface area contributed by atoms with Gasteiger partial charge < -0.3 is 0 Å². The number of hydrogen-bond donors (Lipinski definition) is 0. The maximum Gasteiger partial charge on any atom is 0.507 e. The van der Waals surface area contributed by atoms with Crippen molar-refractivity contribution < 1.29 is 0 Å². The zero-order chi connectivity index (χ0) is 9.14. The van der Waals surface area contributed by atoms with E-state index in [1.807, 2.05) is 0 Å². The largest absolute Gasteiger partial charge is 0.507 e. The molecular weight excluding hydrogens is 305 g/mol. The summed E-state index contributed by atoms with van der Waals surface area (Å²) in [6, 6.07) is 4.69. The monoisotopic (exact) mass is 310 g/mol. The molecule has 12 heavy (non-hydrogen) atoms. The highest BCUT2D eigenvalue weighted by Gasteiger charge is 2.05. The summed E-state index contributed by atoms with van der Waals surface area (Å²) in [5.41, 5.74) is 2.93. The number of halogens is 2. The van der Waals surface area contributed by atoms with Crippen LogP contribution in [0.2, 0.25) is 0 Å². The zero-order valence-corrected chi connectivity index (χ0v) is 13.3. The molecule has 0 aliphatic rings. The molecule has 1 aromatic rings. The third kappa shape index (κ3) is 2.85. The van der Waals surface area contributed by atoms with Gasteiger partial charge in [0.05, 0.1) is 0 Å². The van der Waals surface area contributed by atoms with Crippen LogP contribution in [0.25, 0.3) is 0 Å². The van der Waals surface area contributed by atoms with Crippen LogP contribution in [0, 0.1) is 13.8 Å². The first-order chi connectivity index (χ1) is 5.69. The van der Waals surface area contributed by atoms with Crippen LogP contribution in [0.4, 0.5) is 0 Å². The Morgan fingerprint density at radius 2 is 1.25 bits per heavy atom. The van der Waals surface area contributed by atoms with E-state index in [1.54, 1.807) is 7.39 Å². The maximum atomic E-state index is 3.63. The van der Waals surface area contributed by atoms with Crippen LogP contribution in [0.5, 0.6) is 0 Å². The van der Waals surface area contributed by atoms with Crippen molar-refractivity contribution in [2.24, 2.45) is 0 Å². The van der Waals surface area contributed by atoms with E-state index in [1.165, 1.54) is 11.1 Å². The van der Waals surface area contributed by atoms with Gasteiger partial charge in [0.15, 0.2) is 0 Å². The second kappa shape index (κ2) is 5.56. The van der Waals surface area contributed by atoms with Crippen LogP contribution >= 0.6 is 25.8 Å².